The highest BCUT2D eigenvalue weighted by atomic mass is 79.9. The van der Waals surface area contributed by atoms with E-state index in [1.165, 1.54) is 11.3 Å². The Bertz CT molecular complexity index is 473. The highest BCUT2D eigenvalue weighted by Crippen LogP contribution is 2.15. The number of aromatic nitrogens is 3. The van der Waals surface area contributed by atoms with Gasteiger partial charge < -0.3 is 0 Å². The second-order valence-electron chi connectivity index (χ2n) is 2.54. The number of hydrogen-bond acceptors (Lipinski definition) is 5. The minimum absolute atomic E-state index is 0.258. The minimum Gasteiger partial charge on any atom is -0.296 e. The van der Waals surface area contributed by atoms with Crippen molar-refractivity contribution in [2.45, 2.75) is 0 Å². The normalized spacial score (nSPS) is 9.93. The Morgan fingerprint density at radius 2 is 2.40 bits per heavy atom. The van der Waals surface area contributed by atoms with Gasteiger partial charge in [0.2, 0.25) is 5.13 Å². The first-order chi connectivity index (χ1) is 7.27. The van der Waals surface area contributed by atoms with E-state index in [0.717, 1.165) is 0 Å². The summed E-state index contributed by atoms with van der Waals surface area (Å²) in [5.74, 6) is -0.258. The lowest BCUT2D eigenvalue weighted by atomic mass is 10.3. The molecule has 2 heterocycles. The second kappa shape index (κ2) is 4.45. The average molecular weight is 285 g/mol. The average Bonchev–Trinajstić information content (AvgIpc) is 2.71. The first-order valence-electron chi connectivity index (χ1n) is 3.95. The van der Waals surface area contributed by atoms with Crippen molar-refractivity contribution in [1.82, 2.24) is 15.2 Å². The Balaban J connectivity index is 2.19. The SMILES string of the molecule is O=C(Nc1nncs1)c1cccnc1Br. The second-order valence-corrected chi connectivity index (χ2v) is 4.12. The molecule has 2 aromatic heterocycles. The summed E-state index contributed by atoms with van der Waals surface area (Å²) in [7, 11) is 0. The van der Waals surface area contributed by atoms with Crippen LogP contribution in [-0.4, -0.2) is 21.1 Å². The standard InChI is InChI=1S/C8H5BrN4OS/c9-6-5(2-1-3-10-6)7(14)12-8-13-11-4-15-8/h1-4H,(H,12,13,14). The summed E-state index contributed by atoms with van der Waals surface area (Å²) in [6, 6.07) is 3.37. The molecule has 0 saturated heterocycles. The number of nitrogens with one attached hydrogen (secondary N) is 1. The summed E-state index contributed by atoms with van der Waals surface area (Å²) in [4.78, 5) is 15.6. The van der Waals surface area contributed by atoms with Crippen molar-refractivity contribution in [3.8, 4) is 0 Å². The van der Waals surface area contributed by atoms with E-state index in [-0.39, 0.29) is 5.91 Å². The van der Waals surface area contributed by atoms with Crippen LogP contribution in [0.4, 0.5) is 5.13 Å². The molecule has 7 heteroatoms. The molecule has 76 valence electrons. The molecule has 0 radical (unpaired) electrons. The molecule has 0 fully saturated rings. The van der Waals surface area contributed by atoms with E-state index in [1.54, 1.807) is 23.8 Å². The zero-order chi connectivity index (χ0) is 10.7. The number of carbonyl (C=O) groups is 1. The highest BCUT2D eigenvalue weighted by molar-refractivity contribution is 9.10. The van der Waals surface area contributed by atoms with Crippen LogP contribution in [-0.2, 0) is 0 Å². The maximum absolute atomic E-state index is 11.7. The number of rotatable bonds is 2. The van der Waals surface area contributed by atoms with Gasteiger partial charge in [0.25, 0.3) is 5.91 Å². The monoisotopic (exact) mass is 284 g/mol. The topological polar surface area (TPSA) is 67.8 Å². The number of anilines is 1. The van der Waals surface area contributed by atoms with Gasteiger partial charge in [-0.05, 0) is 28.1 Å². The Morgan fingerprint density at radius 3 is 3.07 bits per heavy atom. The van der Waals surface area contributed by atoms with Gasteiger partial charge in [0.1, 0.15) is 10.1 Å². The lowest BCUT2D eigenvalue weighted by Crippen LogP contribution is -2.12. The van der Waals surface area contributed by atoms with Crippen LogP contribution >= 0.6 is 27.3 Å². The lowest BCUT2D eigenvalue weighted by molar-refractivity contribution is 0.102. The van der Waals surface area contributed by atoms with E-state index < -0.39 is 0 Å². The smallest absolute Gasteiger partial charge is 0.260 e. The maximum atomic E-state index is 11.7. The summed E-state index contributed by atoms with van der Waals surface area (Å²) < 4.78 is 0.506. The summed E-state index contributed by atoms with van der Waals surface area (Å²) in [5, 5.41) is 10.4. The van der Waals surface area contributed by atoms with Crippen LogP contribution < -0.4 is 5.32 Å². The van der Waals surface area contributed by atoms with E-state index >= 15 is 0 Å². The van der Waals surface area contributed by atoms with Crippen molar-refractivity contribution in [2.75, 3.05) is 5.32 Å². The van der Waals surface area contributed by atoms with Crippen LogP contribution in [0.1, 0.15) is 10.4 Å². The molecular weight excluding hydrogens is 280 g/mol. The van der Waals surface area contributed by atoms with E-state index in [1.807, 2.05) is 0 Å². The molecular formula is C8H5BrN4OS. The maximum Gasteiger partial charge on any atom is 0.260 e. The van der Waals surface area contributed by atoms with Crippen LogP contribution in [0, 0.1) is 0 Å². The van der Waals surface area contributed by atoms with Crippen LogP contribution in [0.25, 0.3) is 0 Å². The third-order valence-electron chi connectivity index (χ3n) is 1.58. The Hall–Kier alpha value is -1.34. The van der Waals surface area contributed by atoms with Crippen LogP contribution in [0.2, 0.25) is 0 Å². The van der Waals surface area contributed by atoms with Crippen molar-refractivity contribution in [3.63, 3.8) is 0 Å². The summed E-state index contributed by atoms with van der Waals surface area (Å²) >= 11 is 4.46. The molecule has 2 rings (SSSR count). The summed E-state index contributed by atoms with van der Waals surface area (Å²) in [6.45, 7) is 0. The number of hydrogen-bond donors (Lipinski definition) is 1. The minimum atomic E-state index is -0.258. The highest BCUT2D eigenvalue weighted by Gasteiger charge is 2.11. The zero-order valence-corrected chi connectivity index (χ0v) is 9.75. The van der Waals surface area contributed by atoms with Gasteiger partial charge in [-0.25, -0.2) is 4.98 Å². The molecule has 0 atom stereocenters. The molecule has 0 aliphatic rings. The van der Waals surface area contributed by atoms with Crippen molar-refractivity contribution >= 4 is 38.3 Å². The third-order valence-corrected chi connectivity index (χ3v) is 2.82. The third kappa shape index (κ3) is 2.37. The zero-order valence-electron chi connectivity index (χ0n) is 7.35. The van der Waals surface area contributed by atoms with Crippen molar-refractivity contribution in [2.24, 2.45) is 0 Å². The van der Waals surface area contributed by atoms with E-state index in [2.05, 4.69) is 36.4 Å². The molecule has 1 amide bonds. The van der Waals surface area contributed by atoms with Crippen molar-refractivity contribution in [3.05, 3.63) is 34.0 Å². The number of pyridine rings is 1. The molecule has 15 heavy (non-hydrogen) atoms. The van der Waals surface area contributed by atoms with Gasteiger partial charge in [0.05, 0.1) is 5.56 Å². The summed E-state index contributed by atoms with van der Waals surface area (Å²) in [5.41, 5.74) is 2.01. The fourth-order valence-electron chi connectivity index (χ4n) is 0.947. The molecule has 1 N–H and O–H groups in total. The van der Waals surface area contributed by atoms with Gasteiger partial charge in [-0.1, -0.05) is 11.3 Å². The predicted molar refractivity (Wildman–Crippen MR) is 59.8 cm³/mol. The first-order valence-corrected chi connectivity index (χ1v) is 5.62. The van der Waals surface area contributed by atoms with Crippen LogP contribution in [0.3, 0.4) is 0 Å². The van der Waals surface area contributed by atoms with Crippen LogP contribution in [0.5, 0.6) is 0 Å². The molecule has 0 spiro atoms. The van der Waals surface area contributed by atoms with Gasteiger partial charge in [-0.2, -0.15) is 0 Å². The van der Waals surface area contributed by atoms with E-state index in [4.69, 9.17) is 0 Å². The fourth-order valence-corrected chi connectivity index (χ4v) is 1.82. The number of halogens is 1. The largest absolute Gasteiger partial charge is 0.296 e. The molecule has 0 saturated carbocycles. The van der Waals surface area contributed by atoms with E-state index in [9.17, 15) is 4.79 Å². The van der Waals surface area contributed by atoms with Crippen molar-refractivity contribution < 1.29 is 4.79 Å². The molecule has 2 aromatic rings. The molecule has 0 aliphatic carbocycles. The van der Waals surface area contributed by atoms with Gasteiger partial charge in [-0.3, -0.25) is 10.1 Å². The van der Waals surface area contributed by atoms with Crippen molar-refractivity contribution in [1.29, 1.82) is 0 Å². The Kier molecular flexibility index (Phi) is 3.02. The van der Waals surface area contributed by atoms with Gasteiger partial charge in [0.15, 0.2) is 0 Å². The molecule has 0 aromatic carbocycles. The van der Waals surface area contributed by atoms with Gasteiger partial charge >= 0.3 is 0 Å². The predicted octanol–water partition coefficient (Wildman–Crippen LogP) is 1.95. The van der Waals surface area contributed by atoms with Gasteiger partial charge in [0, 0.05) is 6.20 Å². The van der Waals surface area contributed by atoms with Gasteiger partial charge in [-0.15, -0.1) is 10.2 Å². The Morgan fingerprint density at radius 1 is 1.53 bits per heavy atom. The van der Waals surface area contributed by atoms with E-state index in [0.29, 0.717) is 15.3 Å². The molecule has 0 unspecified atom stereocenters. The first kappa shape index (κ1) is 10.2. The fraction of sp³-hybridized carbons (Fsp3) is 0. The lowest BCUT2D eigenvalue weighted by Gasteiger charge is -2.01. The Labute approximate surface area is 97.7 Å². The molecule has 0 aliphatic heterocycles. The molecule has 5 nitrogen and oxygen atoms in total. The number of nitrogens with zero attached hydrogens (tertiary/aromatic N) is 3. The molecule has 0 bridgehead atoms. The van der Waals surface area contributed by atoms with Crippen LogP contribution in [0.15, 0.2) is 28.4 Å². The quantitative estimate of drug-likeness (QED) is 0.856. The number of carbonyl (C=O) groups excluding carboxylic acids is 1. The number of amides is 1. The summed E-state index contributed by atoms with van der Waals surface area (Å²) in [6.07, 6.45) is 1.60.